The van der Waals surface area contributed by atoms with Crippen molar-refractivity contribution in [2.75, 3.05) is 7.11 Å². The van der Waals surface area contributed by atoms with Gasteiger partial charge in [-0.3, -0.25) is 4.79 Å². The molecule has 2 saturated carbocycles. The number of Topliss-reactive ketones (excluding diaryl/α,β-unsaturated/α-hetero) is 1. The predicted octanol–water partition coefficient (Wildman–Crippen LogP) is 6.42. The van der Waals surface area contributed by atoms with Crippen LogP contribution >= 0.6 is 0 Å². The molecule has 0 bridgehead atoms. The molecule has 5 heteroatoms. The van der Waals surface area contributed by atoms with E-state index in [1.54, 1.807) is 19.2 Å². The Hall–Kier alpha value is -2.69. The summed E-state index contributed by atoms with van der Waals surface area (Å²) in [4.78, 5) is 13.5. The number of allylic oxidation sites excluding steroid dienone is 1. The molecule has 0 N–H and O–H groups in total. The lowest BCUT2D eigenvalue weighted by molar-refractivity contribution is -0.127. The van der Waals surface area contributed by atoms with E-state index in [1.807, 2.05) is 6.08 Å². The Morgan fingerprint density at radius 3 is 2.56 bits per heavy atom. The lowest BCUT2D eigenvalue weighted by Crippen LogP contribution is -2.42. The van der Waals surface area contributed by atoms with Crippen molar-refractivity contribution in [1.82, 2.24) is 0 Å². The molecule has 32 heavy (non-hydrogen) atoms. The molecule has 0 heterocycles. The third-order valence-corrected chi connectivity index (χ3v) is 8.02. The number of aryl methyl sites for hydroxylation is 1. The third-order valence-electron chi connectivity index (χ3n) is 8.02. The van der Waals surface area contributed by atoms with Crippen molar-refractivity contribution >= 4 is 11.9 Å². The van der Waals surface area contributed by atoms with Gasteiger partial charge in [-0.05, 0) is 102 Å². The molecule has 2 aromatic carbocycles. The molecule has 0 aliphatic heterocycles. The summed E-state index contributed by atoms with van der Waals surface area (Å²) in [5.74, 6) is 2.65. The molecule has 0 radical (unpaired) electrons. The zero-order chi connectivity index (χ0) is 22.5. The fraction of sp³-hybridized carbons (Fsp3) is 0.444. The van der Waals surface area contributed by atoms with E-state index in [9.17, 15) is 13.6 Å². The Bertz CT molecular complexity index is 1060. The Balaban J connectivity index is 1.40. The van der Waals surface area contributed by atoms with E-state index >= 15 is 0 Å². The zero-order valence-corrected chi connectivity index (χ0v) is 18.4. The molecule has 3 nitrogen and oxygen atoms in total. The molecular formula is C27H28F2O3. The topological polar surface area (TPSA) is 35.5 Å². The van der Waals surface area contributed by atoms with Gasteiger partial charge in [0, 0.05) is 5.41 Å². The highest BCUT2D eigenvalue weighted by molar-refractivity contribution is 6.06. The van der Waals surface area contributed by atoms with Crippen molar-refractivity contribution in [3.05, 3.63) is 64.7 Å². The lowest BCUT2D eigenvalue weighted by Gasteiger charge is -2.48. The van der Waals surface area contributed by atoms with Crippen LogP contribution in [0.15, 0.2) is 48.0 Å². The second kappa shape index (κ2) is 8.02. The van der Waals surface area contributed by atoms with Crippen LogP contribution in [0.4, 0.5) is 8.78 Å². The van der Waals surface area contributed by atoms with Gasteiger partial charge in [-0.1, -0.05) is 25.1 Å². The Kier molecular flexibility index (Phi) is 5.31. The van der Waals surface area contributed by atoms with E-state index in [0.29, 0.717) is 17.8 Å². The van der Waals surface area contributed by atoms with Gasteiger partial charge in [0.15, 0.2) is 5.78 Å². The SMILES string of the molecule is COc1ccc2c(c1)CC[C@H]1[C@@H]2CC[C@]2(C)C(=O)/C(=C/c3ccc(OC(F)F)cc3)C[C@@H]12. The van der Waals surface area contributed by atoms with Crippen molar-refractivity contribution in [1.29, 1.82) is 0 Å². The quantitative estimate of drug-likeness (QED) is 0.517. The normalized spacial score (nSPS) is 30.1. The molecule has 2 fully saturated rings. The van der Waals surface area contributed by atoms with Crippen LogP contribution < -0.4 is 9.47 Å². The third kappa shape index (κ3) is 3.52. The molecule has 168 valence electrons. The second-order valence-electron chi connectivity index (χ2n) is 9.59. The number of rotatable bonds is 4. The summed E-state index contributed by atoms with van der Waals surface area (Å²) < 4.78 is 34.6. The van der Waals surface area contributed by atoms with Gasteiger partial charge < -0.3 is 9.47 Å². The maximum absolute atomic E-state index is 13.5. The van der Waals surface area contributed by atoms with Gasteiger partial charge >= 0.3 is 6.61 Å². The molecule has 2 aromatic rings. The Morgan fingerprint density at radius 1 is 1.09 bits per heavy atom. The molecule has 3 aliphatic rings. The number of fused-ring (bicyclic) bond motifs is 5. The minimum atomic E-state index is -2.84. The molecular weight excluding hydrogens is 410 g/mol. The highest BCUT2D eigenvalue weighted by Gasteiger charge is 2.56. The van der Waals surface area contributed by atoms with Crippen LogP contribution in [0.1, 0.15) is 55.2 Å². The summed E-state index contributed by atoms with van der Waals surface area (Å²) in [5.41, 5.74) is 4.22. The number of carbonyl (C=O) groups excluding carboxylic acids is 1. The summed E-state index contributed by atoms with van der Waals surface area (Å²) in [6, 6.07) is 13.0. The number of halogens is 2. The predicted molar refractivity (Wildman–Crippen MR) is 119 cm³/mol. The smallest absolute Gasteiger partial charge is 0.387 e. The van der Waals surface area contributed by atoms with Gasteiger partial charge in [-0.25, -0.2) is 0 Å². The molecule has 0 spiro atoms. The standard InChI is InChI=1S/C27H28F2O3/c1-27-12-11-22-21-10-8-20(31-2)14-17(21)5-9-23(22)24(27)15-18(25(27)30)13-16-3-6-19(7-4-16)32-26(28)29/h3-4,6-8,10,13-14,22-24,26H,5,9,11-12,15H2,1-2H3/b18-13+/t22-,23+,24+,27+/m1/s1. The van der Waals surface area contributed by atoms with Crippen LogP contribution in [-0.2, 0) is 11.2 Å². The average molecular weight is 439 g/mol. The molecule has 0 amide bonds. The average Bonchev–Trinajstić information content (AvgIpc) is 3.04. The molecule has 4 atom stereocenters. The molecule has 3 aliphatic carbocycles. The van der Waals surface area contributed by atoms with E-state index in [0.717, 1.165) is 49.0 Å². The molecule has 0 saturated heterocycles. The molecule has 0 aromatic heterocycles. The highest BCUT2D eigenvalue weighted by Crippen LogP contribution is 2.60. The summed E-state index contributed by atoms with van der Waals surface area (Å²) in [5, 5.41) is 0. The lowest BCUT2D eigenvalue weighted by atomic mass is 9.55. The first-order valence-electron chi connectivity index (χ1n) is 11.4. The number of ether oxygens (including phenoxy) is 2. The van der Waals surface area contributed by atoms with Crippen LogP contribution in [0.2, 0.25) is 0 Å². The summed E-state index contributed by atoms with van der Waals surface area (Å²) in [7, 11) is 1.71. The van der Waals surface area contributed by atoms with Gasteiger partial charge in [0.2, 0.25) is 0 Å². The summed E-state index contributed by atoms with van der Waals surface area (Å²) in [6.07, 6.45) is 6.80. The number of hydrogen-bond acceptors (Lipinski definition) is 3. The highest BCUT2D eigenvalue weighted by atomic mass is 19.3. The van der Waals surface area contributed by atoms with E-state index < -0.39 is 6.61 Å². The summed E-state index contributed by atoms with van der Waals surface area (Å²) >= 11 is 0. The van der Waals surface area contributed by atoms with Crippen LogP contribution in [0.25, 0.3) is 6.08 Å². The number of benzene rings is 2. The van der Waals surface area contributed by atoms with Crippen LogP contribution in [0.5, 0.6) is 11.5 Å². The number of hydrogen-bond donors (Lipinski definition) is 0. The first-order chi connectivity index (χ1) is 15.4. The van der Waals surface area contributed by atoms with Crippen molar-refractivity contribution in [3.8, 4) is 11.5 Å². The Morgan fingerprint density at radius 2 is 1.84 bits per heavy atom. The second-order valence-corrected chi connectivity index (χ2v) is 9.59. The number of methoxy groups -OCH3 is 1. The number of carbonyl (C=O) groups is 1. The van der Waals surface area contributed by atoms with E-state index in [2.05, 4.69) is 29.9 Å². The van der Waals surface area contributed by atoms with Crippen LogP contribution in [-0.4, -0.2) is 19.5 Å². The maximum atomic E-state index is 13.5. The van der Waals surface area contributed by atoms with Crippen LogP contribution in [0.3, 0.4) is 0 Å². The maximum Gasteiger partial charge on any atom is 0.387 e. The molecule has 0 unspecified atom stereocenters. The molecule has 5 rings (SSSR count). The van der Waals surface area contributed by atoms with Crippen molar-refractivity contribution in [2.45, 2.75) is 51.6 Å². The fourth-order valence-corrected chi connectivity index (χ4v) is 6.43. The number of ketones is 1. The zero-order valence-electron chi connectivity index (χ0n) is 18.4. The fourth-order valence-electron chi connectivity index (χ4n) is 6.43. The van der Waals surface area contributed by atoms with Gasteiger partial charge in [0.25, 0.3) is 0 Å². The van der Waals surface area contributed by atoms with Gasteiger partial charge in [-0.15, -0.1) is 0 Å². The van der Waals surface area contributed by atoms with Gasteiger partial charge in [-0.2, -0.15) is 8.78 Å². The van der Waals surface area contributed by atoms with E-state index in [1.165, 1.54) is 23.3 Å². The van der Waals surface area contributed by atoms with Crippen molar-refractivity contribution in [2.24, 2.45) is 17.3 Å². The van der Waals surface area contributed by atoms with Gasteiger partial charge in [0.1, 0.15) is 11.5 Å². The van der Waals surface area contributed by atoms with E-state index in [-0.39, 0.29) is 16.9 Å². The number of alkyl halides is 2. The largest absolute Gasteiger partial charge is 0.497 e. The minimum absolute atomic E-state index is 0.126. The summed E-state index contributed by atoms with van der Waals surface area (Å²) in [6.45, 7) is -0.687. The first kappa shape index (κ1) is 21.2. The van der Waals surface area contributed by atoms with E-state index in [4.69, 9.17) is 4.74 Å². The van der Waals surface area contributed by atoms with Crippen molar-refractivity contribution in [3.63, 3.8) is 0 Å². The minimum Gasteiger partial charge on any atom is -0.497 e. The Labute approximate surface area is 187 Å². The van der Waals surface area contributed by atoms with Gasteiger partial charge in [0.05, 0.1) is 7.11 Å². The van der Waals surface area contributed by atoms with Crippen LogP contribution in [0, 0.1) is 17.3 Å². The first-order valence-corrected chi connectivity index (χ1v) is 11.4. The van der Waals surface area contributed by atoms with Crippen molar-refractivity contribution < 1.29 is 23.0 Å². The monoisotopic (exact) mass is 438 g/mol.